The average molecular weight is 425 g/mol. The number of urea groups is 1. The maximum Gasteiger partial charge on any atom is 0.319 e. The number of aromatic nitrogens is 2. The lowest BCUT2D eigenvalue weighted by atomic mass is 10.1. The maximum atomic E-state index is 12.6. The summed E-state index contributed by atoms with van der Waals surface area (Å²) < 4.78 is 2.06. The van der Waals surface area contributed by atoms with Crippen LogP contribution in [-0.4, -0.2) is 27.5 Å². The Morgan fingerprint density at radius 1 is 0.875 bits per heavy atom. The van der Waals surface area contributed by atoms with E-state index in [2.05, 4.69) is 20.5 Å². The van der Waals surface area contributed by atoms with E-state index in [4.69, 9.17) is 4.98 Å². The van der Waals surface area contributed by atoms with Crippen molar-refractivity contribution in [2.75, 3.05) is 10.6 Å². The number of nitrogens with zero attached hydrogens (tertiary/aromatic N) is 2. The minimum absolute atomic E-state index is 0.213. The van der Waals surface area contributed by atoms with Gasteiger partial charge in [0.2, 0.25) is 0 Å². The van der Waals surface area contributed by atoms with Crippen molar-refractivity contribution in [2.24, 2.45) is 7.05 Å². The first-order chi connectivity index (χ1) is 15.6. The summed E-state index contributed by atoms with van der Waals surface area (Å²) in [5, 5.41) is 8.55. The van der Waals surface area contributed by atoms with E-state index in [1.165, 1.54) is 0 Å². The number of benzene rings is 3. The van der Waals surface area contributed by atoms with E-state index < -0.39 is 0 Å². The number of para-hydroxylation sites is 2. The van der Waals surface area contributed by atoms with Crippen LogP contribution in [0.3, 0.4) is 0 Å². The molecule has 4 aromatic rings. The highest BCUT2D eigenvalue weighted by Crippen LogP contribution is 2.25. The molecule has 32 heavy (non-hydrogen) atoms. The fourth-order valence-corrected chi connectivity index (χ4v) is 3.59. The third kappa shape index (κ3) is 4.18. The Labute approximate surface area is 185 Å². The second kappa shape index (κ2) is 8.19. The van der Waals surface area contributed by atoms with Gasteiger partial charge in [0.1, 0.15) is 5.82 Å². The molecule has 0 spiro atoms. The van der Waals surface area contributed by atoms with Gasteiger partial charge in [-0.25, -0.2) is 9.78 Å². The second-order valence-corrected chi connectivity index (χ2v) is 7.96. The standard InChI is InChI=1S/C25H23N5O2/c1-30-22-5-3-2-4-21(22)29-23(30)16-6-10-18(11-7-16)26-24(31)17-8-12-19(13-9-17)27-25(32)28-20-14-15-20/h2-13,20H,14-15H2,1H3,(H,26,31)(H2,27,28,32). The van der Waals surface area contributed by atoms with E-state index in [0.29, 0.717) is 23.0 Å². The molecule has 3 N–H and O–H groups in total. The van der Waals surface area contributed by atoms with Crippen molar-refractivity contribution in [1.29, 1.82) is 0 Å². The number of amides is 3. The first kappa shape index (κ1) is 19.8. The molecule has 3 amide bonds. The molecule has 0 radical (unpaired) electrons. The number of hydrogen-bond acceptors (Lipinski definition) is 3. The predicted molar refractivity (Wildman–Crippen MR) is 126 cm³/mol. The van der Waals surface area contributed by atoms with Crippen molar-refractivity contribution in [3.8, 4) is 11.4 Å². The molecule has 1 saturated carbocycles. The number of fused-ring (bicyclic) bond motifs is 1. The summed E-state index contributed by atoms with van der Waals surface area (Å²) >= 11 is 0. The average Bonchev–Trinajstić information content (AvgIpc) is 3.55. The molecule has 1 heterocycles. The molecule has 0 atom stereocenters. The van der Waals surface area contributed by atoms with E-state index >= 15 is 0 Å². The van der Waals surface area contributed by atoms with Gasteiger partial charge in [-0.05, 0) is 73.5 Å². The fourth-order valence-electron chi connectivity index (χ4n) is 3.59. The van der Waals surface area contributed by atoms with Gasteiger partial charge in [-0.2, -0.15) is 0 Å². The molecule has 5 rings (SSSR count). The van der Waals surface area contributed by atoms with Crippen LogP contribution >= 0.6 is 0 Å². The molecule has 7 nitrogen and oxygen atoms in total. The van der Waals surface area contributed by atoms with Crippen LogP contribution in [0.2, 0.25) is 0 Å². The van der Waals surface area contributed by atoms with Gasteiger partial charge in [0.05, 0.1) is 11.0 Å². The normalized spacial score (nSPS) is 13.0. The van der Waals surface area contributed by atoms with Crippen molar-refractivity contribution in [2.45, 2.75) is 18.9 Å². The molecule has 0 aliphatic heterocycles. The topological polar surface area (TPSA) is 88.0 Å². The van der Waals surface area contributed by atoms with Crippen LogP contribution in [0.5, 0.6) is 0 Å². The number of carbonyl (C=O) groups excluding carboxylic acids is 2. The summed E-state index contributed by atoms with van der Waals surface area (Å²) in [5.74, 6) is 0.660. The minimum Gasteiger partial charge on any atom is -0.335 e. The molecule has 1 fully saturated rings. The van der Waals surface area contributed by atoms with Crippen molar-refractivity contribution in [1.82, 2.24) is 14.9 Å². The molecule has 7 heteroatoms. The van der Waals surface area contributed by atoms with E-state index in [1.807, 2.05) is 55.6 Å². The number of aryl methyl sites for hydroxylation is 1. The molecule has 1 aliphatic rings. The van der Waals surface area contributed by atoms with Crippen LogP contribution in [-0.2, 0) is 7.05 Å². The Hall–Kier alpha value is -4.13. The quantitative estimate of drug-likeness (QED) is 0.430. The van der Waals surface area contributed by atoms with Crippen molar-refractivity contribution >= 4 is 34.3 Å². The van der Waals surface area contributed by atoms with E-state index in [0.717, 1.165) is 35.3 Å². The van der Waals surface area contributed by atoms with Gasteiger partial charge in [-0.3, -0.25) is 4.79 Å². The summed E-state index contributed by atoms with van der Waals surface area (Å²) in [7, 11) is 1.99. The SMILES string of the molecule is Cn1c(-c2ccc(NC(=O)c3ccc(NC(=O)NC4CC4)cc3)cc2)nc2ccccc21. The number of anilines is 2. The Kier molecular flexibility index (Phi) is 5.07. The zero-order chi connectivity index (χ0) is 22.1. The van der Waals surface area contributed by atoms with Crippen molar-refractivity contribution < 1.29 is 9.59 Å². The number of hydrogen-bond donors (Lipinski definition) is 3. The van der Waals surface area contributed by atoms with Gasteiger partial charge < -0.3 is 20.5 Å². The van der Waals surface area contributed by atoms with E-state index in [9.17, 15) is 9.59 Å². The molecular weight excluding hydrogens is 402 g/mol. The number of rotatable bonds is 5. The highest BCUT2D eigenvalue weighted by atomic mass is 16.2. The van der Waals surface area contributed by atoms with Crippen molar-refractivity contribution in [3.63, 3.8) is 0 Å². The number of nitrogens with one attached hydrogen (secondary N) is 3. The molecule has 160 valence electrons. The summed E-state index contributed by atoms with van der Waals surface area (Å²) in [5.41, 5.74) is 4.85. The minimum atomic E-state index is -0.217. The molecule has 1 aromatic heterocycles. The molecule has 0 bridgehead atoms. The lowest BCUT2D eigenvalue weighted by Gasteiger charge is -2.09. The first-order valence-corrected chi connectivity index (χ1v) is 10.6. The highest BCUT2D eigenvalue weighted by Gasteiger charge is 2.23. The van der Waals surface area contributed by atoms with Crippen LogP contribution in [0, 0.1) is 0 Å². The van der Waals surface area contributed by atoms with Gasteiger partial charge in [-0.15, -0.1) is 0 Å². The monoisotopic (exact) mass is 425 g/mol. The third-order valence-electron chi connectivity index (χ3n) is 5.51. The summed E-state index contributed by atoms with van der Waals surface area (Å²) in [4.78, 5) is 29.1. The fraction of sp³-hybridized carbons (Fsp3) is 0.160. The van der Waals surface area contributed by atoms with Crippen LogP contribution < -0.4 is 16.0 Å². The Morgan fingerprint density at radius 2 is 1.53 bits per heavy atom. The van der Waals surface area contributed by atoms with Gasteiger partial charge in [0.25, 0.3) is 5.91 Å². The lowest BCUT2D eigenvalue weighted by molar-refractivity contribution is 0.102. The van der Waals surface area contributed by atoms with Crippen LogP contribution in [0.4, 0.5) is 16.2 Å². The predicted octanol–water partition coefficient (Wildman–Crippen LogP) is 4.78. The van der Waals surface area contributed by atoms with E-state index in [1.54, 1.807) is 24.3 Å². The van der Waals surface area contributed by atoms with Crippen molar-refractivity contribution in [3.05, 3.63) is 78.4 Å². The van der Waals surface area contributed by atoms with Gasteiger partial charge in [-0.1, -0.05) is 12.1 Å². The van der Waals surface area contributed by atoms with E-state index in [-0.39, 0.29) is 11.9 Å². The lowest BCUT2D eigenvalue weighted by Crippen LogP contribution is -2.30. The van der Waals surface area contributed by atoms with Gasteiger partial charge in [0, 0.05) is 35.6 Å². The first-order valence-electron chi connectivity index (χ1n) is 10.6. The Bertz CT molecular complexity index is 1290. The van der Waals surface area contributed by atoms with Gasteiger partial charge in [0.15, 0.2) is 0 Å². The summed E-state index contributed by atoms with van der Waals surface area (Å²) in [6.07, 6.45) is 2.07. The summed E-state index contributed by atoms with van der Waals surface area (Å²) in [6, 6.07) is 22.5. The molecule has 3 aromatic carbocycles. The zero-order valence-electron chi connectivity index (χ0n) is 17.6. The molecule has 0 unspecified atom stereocenters. The molecule has 1 aliphatic carbocycles. The second-order valence-electron chi connectivity index (χ2n) is 7.96. The summed E-state index contributed by atoms with van der Waals surface area (Å²) in [6.45, 7) is 0. The Morgan fingerprint density at radius 3 is 2.22 bits per heavy atom. The smallest absolute Gasteiger partial charge is 0.319 e. The van der Waals surface area contributed by atoms with Crippen LogP contribution in [0.25, 0.3) is 22.4 Å². The third-order valence-corrected chi connectivity index (χ3v) is 5.51. The van der Waals surface area contributed by atoms with Crippen LogP contribution in [0.15, 0.2) is 72.8 Å². The largest absolute Gasteiger partial charge is 0.335 e. The van der Waals surface area contributed by atoms with Crippen LogP contribution in [0.1, 0.15) is 23.2 Å². The zero-order valence-corrected chi connectivity index (χ0v) is 17.6. The molecular formula is C25H23N5O2. The number of imidazole rings is 1. The highest BCUT2D eigenvalue weighted by molar-refractivity contribution is 6.04. The molecule has 0 saturated heterocycles. The maximum absolute atomic E-state index is 12.6. The van der Waals surface area contributed by atoms with Gasteiger partial charge >= 0.3 is 6.03 Å². The number of carbonyl (C=O) groups is 2. The Balaban J connectivity index is 1.24.